The number of thiophene rings is 1. The summed E-state index contributed by atoms with van der Waals surface area (Å²) in [5.74, 6) is 3.01. The molecule has 0 bridgehead atoms. The second-order valence-electron chi connectivity index (χ2n) is 5.17. The van der Waals surface area contributed by atoms with Crippen LogP contribution in [0.15, 0.2) is 16.8 Å². The van der Waals surface area contributed by atoms with E-state index in [1.54, 1.807) is 11.3 Å². The van der Waals surface area contributed by atoms with Crippen LogP contribution in [0.3, 0.4) is 0 Å². The highest BCUT2D eigenvalue weighted by molar-refractivity contribution is 7.99. The molecule has 1 aromatic rings. The van der Waals surface area contributed by atoms with Gasteiger partial charge in [-0.15, -0.1) is 0 Å². The molecular weight excluding hydrogens is 250 g/mol. The standard InChI is InChI=1S/C13H19NOS2/c14-12(11-2-5-16-8-11)10-1-4-15-13(7-10)3-6-17-9-13/h2,5,8,10,12H,1,3-4,6-7,9,14H2. The molecule has 3 atom stereocenters. The number of rotatable bonds is 2. The van der Waals surface area contributed by atoms with Crippen molar-refractivity contribution in [3.05, 3.63) is 22.4 Å². The van der Waals surface area contributed by atoms with Crippen LogP contribution in [0.5, 0.6) is 0 Å². The number of hydrogen-bond donors (Lipinski definition) is 1. The van der Waals surface area contributed by atoms with Crippen LogP contribution >= 0.6 is 23.1 Å². The molecular formula is C13H19NOS2. The molecule has 1 aromatic heterocycles. The Bertz CT molecular complexity index is 360. The summed E-state index contributed by atoms with van der Waals surface area (Å²) in [6, 6.07) is 2.37. The fourth-order valence-electron chi connectivity index (χ4n) is 2.97. The van der Waals surface area contributed by atoms with Crippen molar-refractivity contribution >= 4 is 23.1 Å². The lowest BCUT2D eigenvalue weighted by molar-refractivity contribution is -0.0834. The zero-order chi connectivity index (χ0) is 11.7. The van der Waals surface area contributed by atoms with Crippen molar-refractivity contribution in [3.63, 3.8) is 0 Å². The molecule has 94 valence electrons. The Balaban J connectivity index is 1.71. The highest BCUT2D eigenvalue weighted by Gasteiger charge is 2.42. The van der Waals surface area contributed by atoms with E-state index in [0.29, 0.717) is 5.92 Å². The van der Waals surface area contributed by atoms with Crippen LogP contribution in [-0.2, 0) is 4.74 Å². The summed E-state index contributed by atoms with van der Waals surface area (Å²) in [4.78, 5) is 0. The van der Waals surface area contributed by atoms with E-state index >= 15 is 0 Å². The Morgan fingerprint density at radius 1 is 1.53 bits per heavy atom. The maximum Gasteiger partial charge on any atom is 0.0783 e. The normalized spacial score (nSPS) is 35.2. The van der Waals surface area contributed by atoms with Crippen LogP contribution in [0.1, 0.15) is 30.9 Å². The molecule has 3 rings (SSSR count). The molecule has 4 heteroatoms. The lowest BCUT2D eigenvalue weighted by Gasteiger charge is -2.39. The molecule has 2 N–H and O–H groups in total. The number of thioether (sulfide) groups is 1. The zero-order valence-electron chi connectivity index (χ0n) is 9.93. The van der Waals surface area contributed by atoms with E-state index in [0.717, 1.165) is 19.4 Å². The van der Waals surface area contributed by atoms with Crippen LogP contribution in [0.2, 0.25) is 0 Å². The smallest absolute Gasteiger partial charge is 0.0783 e. The number of nitrogens with two attached hydrogens (primary N) is 1. The summed E-state index contributed by atoms with van der Waals surface area (Å²) in [5.41, 5.74) is 7.87. The number of ether oxygens (including phenoxy) is 1. The minimum absolute atomic E-state index is 0.154. The van der Waals surface area contributed by atoms with Crippen molar-refractivity contribution in [1.82, 2.24) is 0 Å². The van der Waals surface area contributed by atoms with Gasteiger partial charge in [0.15, 0.2) is 0 Å². The number of hydrogen-bond acceptors (Lipinski definition) is 4. The second kappa shape index (κ2) is 4.92. The van der Waals surface area contributed by atoms with Gasteiger partial charge in [-0.25, -0.2) is 0 Å². The minimum atomic E-state index is 0.154. The largest absolute Gasteiger partial charge is 0.374 e. The van der Waals surface area contributed by atoms with Crippen LogP contribution in [0, 0.1) is 5.92 Å². The van der Waals surface area contributed by atoms with Crippen LogP contribution in [0.25, 0.3) is 0 Å². The lowest BCUT2D eigenvalue weighted by Crippen LogP contribution is -2.42. The Morgan fingerprint density at radius 2 is 2.47 bits per heavy atom. The van der Waals surface area contributed by atoms with E-state index in [-0.39, 0.29) is 11.6 Å². The molecule has 3 unspecified atom stereocenters. The highest BCUT2D eigenvalue weighted by Crippen LogP contribution is 2.43. The lowest BCUT2D eigenvalue weighted by atomic mass is 9.80. The summed E-state index contributed by atoms with van der Waals surface area (Å²) in [6.45, 7) is 0.892. The fraction of sp³-hybridized carbons (Fsp3) is 0.692. The second-order valence-corrected chi connectivity index (χ2v) is 7.05. The van der Waals surface area contributed by atoms with Crippen molar-refractivity contribution in [2.75, 3.05) is 18.1 Å². The van der Waals surface area contributed by atoms with E-state index in [1.165, 1.54) is 23.5 Å². The van der Waals surface area contributed by atoms with Gasteiger partial charge >= 0.3 is 0 Å². The third-order valence-electron chi connectivity index (χ3n) is 4.03. The molecule has 2 aliphatic heterocycles. The van der Waals surface area contributed by atoms with Gasteiger partial charge in [0.05, 0.1) is 5.60 Å². The summed E-state index contributed by atoms with van der Waals surface area (Å²) < 4.78 is 6.05. The van der Waals surface area contributed by atoms with Gasteiger partial charge in [-0.1, -0.05) is 0 Å². The van der Waals surface area contributed by atoms with Crippen LogP contribution in [-0.4, -0.2) is 23.7 Å². The third-order valence-corrected chi connectivity index (χ3v) is 5.96. The first kappa shape index (κ1) is 12.0. The Kier molecular flexibility index (Phi) is 3.48. The molecule has 2 saturated heterocycles. The Labute approximate surface area is 111 Å². The minimum Gasteiger partial charge on any atom is -0.374 e. The first-order chi connectivity index (χ1) is 8.29. The van der Waals surface area contributed by atoms with E-state index < -0.39 is 0 Å². The maximum atomic E-state index is 6.41. The van der Waals surface area contributed by atoms with E-state index in [9.17, 15) is 0 Å². The van der Waals surface area contributed by atoms with Crippen molar-refractivity contribution in [2.45, 2.75) is 30.9 Å². The SMILES string of the molecule is NC(c1ccsc1)C1CCOC2(CCSC2)C1. The monoisotopic (exact) mass is 269 g/mol. The molecule has 3 heterocycles. The first-order valence-electron chi connectivity index (χ1n) is 6.28. The van der Waals surface area contributed by atoms with Crippen LogP contribution in [0.4, 0.5) is 0 Å². The summed E-state index contributed by atoms with van der Waals surface area (Å²) in [7, 11) is 0. The Morgan fingerprint density at radius 3 is 3.18 bits per heavy atom. The van der Waals surface area contributed by atoms with Gasteiger partial charge in [0.1, 0.15) is 0 Å². The molecule has 0 aromatic carbocycles. The Hall–Kier alpha value is -0.0300. The van der Waals surface area contributed by atoms with Crippen molar-refractivity contribution in [3.8, 4) is 0 Å². The zero-order valence-corrected chi connectivity index (χ0v) is 11.6. The van der Waals surface area contributed by atoms with Gasteiger partial charge in [-0.05, 0) is 53.3 Å². The van der Waals surface area contributed by atoms with Gasteiger partial charge < -0.3 is 10.5 Å². The summed E-state index contributed by atoms with van der Waals surface area (Å²) in [6.07, 6.45) is 3.48. The molecule has 0 radical (unpaired) electrons. The van der Waals surface area contributed by atoms with Gasteiger partial charge in [0.2, 0.25) is 0 Å². The van der Waals surface area contributed by atoms with Gasteiger partial charge in [-0.2, -0.15) is 23.1 Å². The van der Waals surface area contributed by atoms with Crippen LogP contribution < -0.4 is 5.73 Å². The predicted octanol–water partition coefficient (Wildman–Crippen LogP) is 3.05. The molecule has 2 fully saturated rings. The van der Waals surface area contributed by atoms with Crippen molar-refractivity contribution in [2.24, 2.45) is 11.7 Å². The van der Waals surface area contributed by atoms with Gasteiger partial charge in [0.25, 0.3) is 0 Å². The third kappa shape index (κ3) is 2.41. The van der Waals surface area contributed by atoms with Crippen molar-refractivity contribution in [1.29, 1.82) is 0 Å². The molecule has 17 heavy (non-hydrogen) atoms. The molecule has 1 spiro atoms. The maximum absolute atomic E-state index is 6.41. The topological polar surface area (TPSA) is 35.2 Å². The molecule has 0 amide bonds. The van der Waals surface area contributed by atoms with Crippen molar-refractivity contribution < 1.29 is 4.74 Å². The average molecular weight is 269 g/mol. The van der Waals surface area contributed by atoms with E-state index in [2.05, 4.69) is 16.8 Å². The molecule has 0 saturated carbocycles. The quantitative estimate of drug-likeness (QED) is 0.896. The summed E-state index contributed by atoms with van der Waals surface area (Å²) in [5, 5.41) is 4.31. The molecule has 0 aliphatic carbocycles. The van der Waals surface area contributed by atoms with E-state index in [1.807, 2.05) is 11.8 Å². The summed E-state index contributed by atoms with van der Waals surface area (Å²) >= 11 is 3.77. The van der Waals surface area contributed by atoms with Gasteiger partial charge in [0, 0.05) is 18.4 Å². The highest BCUT2D eigenvalue weighted by atomic mass is 32.2. The average Bonchev–Trinajstić information content (AvgIpc) is 3.00. The molecule has 2 aliphatic rings. The van der Waals surface area contributed by atoms with Gasteiger partial charge in [-0.3, -0.25) is 0 Å². The first-order valence-corrected chi connectivity index (χ1v) is 8.38. The molecule has 2 nitrogen and oxygen atoms in total. The van der Waals surface area contributed by atoms with E-state index in [4.69, 9.17) is 10.5 Å². The predicted molar refractivity (Wildman–Crippen MR) is 74.6 cm³/mol. The fourth-order valence-corrected chi connectivity index (χ4v) is 5.06.